The SMILES string of the molecule is OCCSc1ccc(CC2CCNCC2)cc1. The van der Waals surface area contributed by atoms with Gasteiger partial charge in [-0.05, 0) is 56.0 Å². The summed E-state index contributed by atoms with van der Waals surface area (Å²) in [4.78, 5) is 1.26. The Morgan fingerprint density at radius 1 is 1.18 bits per heavy atom. The molecule has 2 nitrogen and oxygen atoms in total. The molecule has 1 fully saturated rings. The fourth-order valence-electron chi connectivity index (χ4n) is 2.30. The van der Waals surface area contributed by atoms with Crippen LogP contribution in [0.15, 0.2) is 29.2 Å². The zero-order valence-corrected chi connectivity index (χ0v) is 11.0. The van der Waals surface area contributed by atoms with Crippen LogP contribution in [0.1, 0.15) is 18.4 Å². The monoisotopic (exact) mass is 251 g/mol. The highest BCUT2D eigenvalue weighted by atomic mass is 32.2. The number of piperidine rings is 1. The van der Waals surface area contributed by atoms with Gasteiger partial charge in [-0.3, -0.25) is 0 Å². The number of rotatable bonds is 5. The van der Waals surface area contributed by atoms with Crippen LogP contribution < -0.4 is 5.32 Å². The summed E-state index contributed by atoms with van der Waals surface area (Å²) in [6, 6.07) is 8.83. The maximum absolute atomic E-state index is 8.77. The van der Waals surface area contributed by atoms with E-state index in [4.69, 9.17) is 5.11 Å². The quantitative estimate of drug-likeness (QED) is 0.788. The van der Waals surface area contributed by atoms with Gasteiger partial charge in [-0.2, -0.15) is 0 Å². The smallest absolute Gasteiger partial charge is 0.0525 e. The minimum atomic E-state index is 0.251. The molecule has 0 saturated carbocycles. The van der Waals surface area contributed by atoms with Crippen molar-refractivity contribution in [1.29, 1.82) is 0 Å². The number of aliphatic hydroxyl groups excluding tert-OH is 1. The van der Waals surface area contributed by atoms with Gasteiger partial charge in [0.15, 0.2) is 0 Å². The van der Waals surface area contributed by atoms with Gasteiger partial charge in [-0.25, -0.2) is 0 Å². The van der Waals surface area contributed by atoms with Crippen molar-refractivity contribution < 1.29 is 5.11 Å². The largest absolute Gasteiger partial charge is 0.396 e. The van der Waals surface area contributed by atoms with E-state index in [1.165, 1.54) is 42.8 Å². The van der Waals surface area contributed by atoms with Gasteiger partial charge < -0.3 is 10.4 Å². The van der Waals surface area contributed by atoms with Gasteiger partial charge in [0.2, 0.25) is 0 Å². The molecule has 1 aromatic carbocycles. The fourth-order valence-corrected chi connectivity index (χ4v) is 2.96. The third-order valence-electron chi connectivity index (χ3n) is 3.27. The van der Waals surface area contributed by atoms with Crippen molar-refractivity contribution in [2.45, 2.75) is 24.2 Å². The van der Waals surface area contributed by atoms with Gasteiger partial charge in [0.25, 0.3) is 0 Å². The van der Waals surface area contributed by atoms with Crippen molar-refractivity contribution in [3.8, 4) is 0 Å². The van der Waals surface area contributed by atoms with Crippen molar-refractivity contribution >= 4 is 11.8 Å². The lowest BCUT2D eigenvalue weighted by atomic mass is 9.91. The van der Waals surface area contributed by atoms with E-state index in [0.717, 1.165) is 11.7 Å². The molecule has 0 bridgehead atoms. The number of nitrogens with one attached hydrogen (secondary N) is 1. The zero-order valence-electron chi connectivity index (χ0n) is 10.2. The topological polar surface area (TPSA) is 32.3 Å². The first-order chi connectivity index (χ1) is 8.38. The van der Waals surface area contributed by atoms with Gasteiger partial charge in [0.1, 0.15) is 0 Å². The Balaban J connectivity index is 1.84. The second kappa shape index (κ2) is 7.04. The Hall–Kier alpha value is -0.510. The predicted octanol–water partition coefficient (Wildman–Crippen LogP) is 2.31. The average molecular weight is 251 g/mol. The molecule has 1 aliphatic heterocycles. The standard InChI is InChI=1S/C14H21NOS/c16-9-10-17-14-3-1-12(2-4-14)11-13-5-7-15-8-6-13/h1-4,13,15-16H,5-11H2. The first kappa shape index (κ1) is 12.9. The summed E-state index contributed by atoms with van der Waals surface area (Å²) in [5.74, 6) is 1.64. The highest BCUT2D eigenvalue weighted by Crippen LogP contribution is 2.21. The third kappa shape index (κ3) is 4.34. The number of thioether (sulfide) groups is 1. The number of hydrogen-bond donors (Lipinski definition) is 2. The lowest BCUT2D eigenvalue weighted by Gasteiger charge is -2.22. The molecule has 94 valence electrons. The molecular weight excluding hydrogens is 230 g/mol. The molecule has 1 aliphatic rings. The Morgan fingerprint density at radius 2 is 1.88 bits per heavy atom. The Morgan fingerprint density at radius 3 is 2.53 bits per heavy atom. The van der Waals surface area contributed by atoms with E-state index in [1.54, 1.807) is 11.8 Å². The van der Waals surface area contributed by atoms with E-state index in [2.05, 4.69) is 29.6 Å². The normalized spacial score (nSPS) is 17.2. The van der Waals surface area contributed by atoms with Crippen LogP contribution >= 0.6 is 11.8 Å². The van der Waals surface area contributed by atoms with Gasteiger partial charge in [-0.1, -0.05) is 12.1 Å². The molecule has 1 saturated heterocycles. The maximum atomic E-state index is 8.77. The molecule has 0 aliphatic carbocycles. The van der Waals surface area contributed by atoms with Crippen LogP contribution in [0.3, 0.4) is 0 Å². The van der Waals surface area contributed by atoms with Gasteiger partial charge in [0, 0.05) is 10.6 Å². The van der Waals surface area contributed by atoms with E-state index in [-0.39, 0.29) is 6.61 Å². The molecule has 17 heavy (non-hydrogen) atoms. The zero-order chi connectivity index (χ0) is 11.9. The third-order valence-corrected chi connectivity index (χ3v) is 4.26. The maximum Gasteiger partial charge on any atom is 0.0525 e. The molecule has 1 heterocycles. The minimum Gasteiger partial charge on any atom is -0.396 e. The van der Waals surface area contributed by atoms with Gasteiger partial charge in [0.05, 0.1) is 6.61 Å². The lowest BCUT2D eigenvalue weighted by Crippen LogP contribution is -2.28. The Labute approximate surface area is 108 Å². The van der Waals surface area contributed by atoms with E-state index in [9.17, 15) is 0 Å². The van der Waals surface area contributed by atoms with Crippen LogP contribution in [0, 0.1) is 5.92 Å². The molecule has 0 amide bonds. The molecule has 0 atom stereocenters. The van der Waals surface area contributed by atoms with Crippen LogP contribution in [0.5, 0.6) is 0 Å². The number of hydrogen-bond acceptors (Lipinski definition) is 3. The van der Waals surface area contributed by atoms with E-state index >= 15 is 0 Å². The van der Waals surface area contributed by atoms with Crippen molar-refractivity contribution in [2.75, 3.05) is 25.4 Å². The van der Waals surface area contributed by atoms with Gasteiger partial charge >= 0.3 is 0 Å². The summed E-state index contributed by atoms with van der Waals surface area (Å²) >= 11 is 1.72. The molecular formula is C14H21NOS. The Kier molecular flexibility index (Phi) is 5.36. The molecule has 0 radical (unpaired) electrons. The van der Waals surface area contributed by atoms with Crippen LogP contribution in [0.25, 0.3) is 0 Å². The van der Waals surface area contributed by atoms with Crippen LogP contribution in [0.4, 0.5) is 0 Å². The molecule has 0 unspecified atom stereocenters. The van der Waals surface area contributed by atoms with E-state index < -0.39 is 0 Å². The van der Waals surface area contributed by atoms with Crippen LogP contribution in [0.2, 0.25) is 0 Å². The minimum absolute atomic E-state index is 0.251. The summed E-state index contributed by atoms with van der Waals surface area (Å²) in [5.41, 5.74) is 1.45. The van der Waals surface area contributed by atoms with Crippen LogP contribution in [-0.2, 0) is 6.42 Å². The highest BCUT2D eigenvalue weighted by molar-refractivity contribution is 7.99. The molecule has 0 spiro atoms. The van der Waals surface area contributed by atoms with E-state index in [0.29, 0.717) is 0 Å². The first-order valence-electron chi connectivity index (χ1n) is 6.42. The molecule has 3 heteroatoms. The van der Waals surface area contributed by atoms with Crippen molar-refractivity contribution in [3.63, 3.8) is 0 Å². The second-order valence-electron chi connectivity index (χ2n) is 4.61. The average Bonchev–Trinajstić information content (AvgIpc) is 2.39. The van der Waals surface area contributed by atoms with E-state index in [1.807, 2.05) is 0 Å². The van der Waals surface area contributed by atoms with Crippen LogP contribution in [-0.4, -0.2) is 30.6 Å². The molecule has 1 aromatic rings. The van der Waals surface area contributed by atoms with Crippen molar-refractivity contribution in [2.24, 2.45) is 5.92 Å². The highest BCUT2D eigenvalue weighted by Gasteiger charge is 2.13. The van der Waals surface area contributed by atoms with Gasteiger partial charge in [-0.15, -0.1) is 11.8 Å². The summed E-state index contributed by atoms with van der Waals surface area (Å²) in [5, 5.41) is 12.2. The molecule has 2 rings (SSSR count). The Bertz CT molecular complexity index is 319. The summed E-state index contributed by atoms with van der Waals surface area (Å²) in [6.45, 7) is 2.60. The fraction of sp³-hybridized carbons (Fsp3) is 0.571. The van der Waals surface area contributed by atoms with Crippen molar-refractivity contribution in [1.82, 2.24) is 5.32 Å². The second-order valence-corrected chi connectivity index (χ2v) is 5.78. The molecule has 2 N–H and O–H groups in total. The predicted molar refractivity (Wildman–Crippen MR) is 73.5 cm³/mol. The molecule has 0 aromatic heterocycles. The summed E-state index contributed by atoms with van der Waals surface area (Å²) < 4.78 is 0. The summed E-state index contributed by atoms with van der Waals surface area (Å²) in [6.07, 6.45) is 3.83. The number of benzene rings is 1. The summed E-state index contributed by atoms with van der Waals surface area (Å²) in [7, 11) is 0. The number of aliphatic hydroxyl groups is 1. The van der Waals surface area contributed by atoms with Crippen molar-refractivity contribution in [3.05, 3.63) is 29.8 Å². The first-order valence-corrected chi connectivity index (χ1v) is 7.40. The lowest BCUT2D eigenvalue weighted by molar-refractivity contribution is 0.322.